The average Bonchev–Trinajstić information content (AvgIpc) is 2.47. The number of hydrogen-bond donors (Lipinski definition) is 1. The van der Waals surface area contributed by atoms with E-state index in [1.165, 1.54) is 6.07 Å². The third-order valence-corrected chi connectivity index (χ3v) is 3.37. The minimum atomic E-state index is -0.399. The van der Waals surface area contributed by atoms with Gasteiger partial charge in [0.05, 0.1) is 18.4 Å². The van der Waals surface area contributed by atoms with E-state index in [1.807, 2.05) is 0 Å². The molecule has 0 fully saturated rings. The van der Waals surface area contributed by atoms with Crippen LogP contribution in [0.2, 0.25) is 0 Å². The van der Waals surface area contributed by atoms with Gasteiger partial charge in [0.25, 0.3) is 0 Å². The number of phenolic OH excluding ortho intramolecular Hbond substituents is 1. The van der Waals surface area contributed by atoms with Crippen molar-refractivity contribution in [3.8, 4) is 5.75 Å². The number of para-hydroxylation sites is 1. The summed E-state index contributed by atoms with van der Waals surface area (Å²) in [6.45, 7) is 2.01. The van der Waals surface area contributed by atoms with E-state index in [0.29, 0.717) is 16.5 Å². The van der Waals surface area contributed by atoms with Crippen LogP contribution in [0.5, 0.6) is 5.75 Å². The van der Waals surface area contributed by atoms with Crippen LogP contribution in [-0.4, -0.2) is 17.7 Å². The Morgan fingerprint density at radius 3 is 2.77 bits per heavy atom. The van der Waals surface area contributed by atoms with Gasteiger partial charge in [-0.05, 0) is 36.8 Å². The Kier molecular flexibility index (Phi) is 3.55. The predicted octanol–water partition coefficient (Wildman–Crippen LogP) is 2.76. The van der Waals surface area contributed by atoms with Gasteiger partial charge in [0.15, 0.2) is 0 Å². The number of carbonyl (C=O) groups is 1. The zero-order chi connectivity index (χ0) is 15.7. The summed E-state index contributed by atoms with van der Waals surface area (Å²) >= 11 is 0. The molecule has 5 nitrogen and oxygen atoms in total. The Balaban J connectivity index is 2.19. The van der Waals surface area contributed by atoms with Gasteiger partial charge >= 0.3 is 5.97 Å². The van der Waals surface area contributed by atoms with Crippen molar-refractivity contribution in [2.45, 2.75) is 13.3 Å². The van der Waals surface area contributed by atoms with Gasteiger partial charge in [-0.25, -0.2) is 0 Å². The zero-order valence-electron chi connectivity index (χ0n) is 12.0. The fourth-order valence-corrected chi connectivity index (χ4v) is 2.44. The van der Waals surface area contributed by atoms with Gasteiger partial charge < -0.3 is 14.3 Å². The van der Waals surface area contributed by atoms with E-state index < -0.39 is 5.97 Å². The molecule has 1 aromatic heterocycles. The van der Waals surface area contributed by atoms with Crippen molar-refractivity contribution in [3.63, 3.8) is 0 Å². The second-order valence-electron chi connectivity index (χ2n) is 4.90. The molecule has 0 unspecified atom stereocenters. The molecule has 0 saturated carbocycles. The highest BCUT2D eigenvalue weighted by Crippen LogP contribution is 2.27. The summed E-state index contributed by atoms with van der Waals surface area (Å²) in [5.74, 6) is -0.597. The molecule has 0 aliphatic heterocycles. The van der Waals surface area contributed by atoms with Crippen molar-refractivity contribution in [1.82, 2.24) is 0 Å². The Labute approximate surface area is 125 Å². The number of phenols is 1. The van der Waals surface area contributed by atoms with E-state index in [1.54, 1.807) is 37.3 Å². The van der Waals surface area contributed by atoms with Gasteiger partial charge in [0, 0.05) is 0 Å². The second-order valence-corrected chi connectivity index (χ2v) is 4.90. The molecule has 0 saturated heterocycles. The molecule has 2 aromatic carbocycles. The standard InChI is InChI=1S/C17H14O5/c1-2-21-15(19)9-10-7-12(18)16-14(8-10)22-13-6-4-3-5-11(13)17(16)20/h3-8,18H,2,9H2,1H3. The van der Waals surface area contributed by atoms with Gasteiger partial charge in [0.1, 0.15) is 22.3 Å². The molecule has 0 amide bonds. The van der Waals surface area contributed by atoms with Crippen molar-refractivity contribution < 1.29 is 19.1 Å². The Hall–Kier alpha value is -2.82. The molecule has 0 atom stereocenters. The molecule has 22 heavy (non-hydrogen) atoms. The third kappa shape index (κ3) is 2.41. The van der Waals surface area contributed by atoms with Crippen LogP contribution in [0.25, 0.3) is 21.9 Å². The zero-order valence-corrected chi connectivity index (χ0v) is 12.0. The molecule has 1 N–H and O–H groups in total. The van der Waals surface area contributed by atoms with Crippen LogP contribution >= 0.6 is 0 Å². The van der Waals surface area contributed by atoms with Crippen molar-refractivity contribution >= 4 is 27.9 Å². The summed E-state index contributed by atoms with van der Waals surface area (Å²) in [7, 11) is 0. The molecular formula is C17H14O5. The Bertz CT molecular complexity index is 923. The number of esters is 1. The van der Waals surface area contributed by atoms with Gasteiger partial charge in [-0.1, -0.05) is 12.1 Å². The summed E-state index contributed by atoms with van der Waals surface area (Å²) in [6.07, 6.45) is 0.00781. The van der Waals surface area contributed by atoms with Crippen molar-refractivity contribution in [3.05, 3.63) is 52.2 Å². The maximum atomic E-state index is 12.4. The lowest BCUT2D eigenvalue weighted by molar-refractivity contribution is -0.142. The van der Waals surface area contributed by atoms with Crippen molar-refractivity contribution in [2.24, 2.45) is 0 Å². The molecule has 3 aromatic rings. The number of rotatable bonds is 3. The molecule has 0 spiro atoms. The third-order valence-electron chi connectivity index (χ3n) is 3.37. The van der Waals surface area contributed by atoms with Crippen LogP contribution in [0.1, 0.15) is 12.5 Å². The molecule has 0 aliphatic carbocycles. The molecule has 5 heteroatoms. The van der Waals surface area contributed by atoms with E-state index >= 15 is 0 Å². The van der Waals surface area contributed by atoms with Crippen LogP contribution in [0.4, 0.5) is 0 Å². The van der Waals surface area contributed by atoms with Crippen molar-refractivity contribution in [1.29, 1.82) is 0 Å². The average molecular weight is 298 g/mol. The first-order valence-electron chi connectivity index (χ1n) is 6.93. The maximum Gasteiger partial charge on any atom is 0.310 e. The van der Waals surface area contributed by atoms with E-state index in [2.05, 4.69) is 0 Å². The molecule has 0 bridgehead atoms. The van der Waals surface area contributed by atoms with E-state index in [9.17, 15) is 14.7 Å². The molecule has 0 radical (unpaired) electrons. The van der Waals surface area contributed by atoms with E-state index in [0.717, 1.165) is 0 Å². The maximum absolute atomic E-state index is 12.4. The van der Waals surface area contributed by atoms with Gasteiger partial charge in [-0.3, -0.25) is 9.59 Å². The summed E-state index contributed by atoms with van der Waals surface area (Å²) in [6, 6.07) is 9.80. The van der Waals surface area contributed by atoms with Gasteiger partial charge in [-0.2, -0.15) is 0 Å². The largest absolute Gasteiger partial charge is 0.507 e. The number of benzene rings is 2. The quantitative estimate of drug-likeness (QED) is 0.594. The number of carbonyl (C=O) groups excluding carboxylic acids is 1. The van der Waals surface area contributed by atoms with Gasteiger partial charge in [-0.15, -0.1) is 0 Å². The highest BCUT2D eigenvalue weighted by atomic mass is 16.5. The minimum Gasteiger partial charge on any atom is -0.507 e. The molecule has 1 heterocycles. The monoisotopic (exact) mass is 298 g/mol. The fourth-order valence-electron chi connectivity index (χ4n) is 2.44. The summed E-state index contributed by atoms with van der Waals surface area (Å²) < 4.78 is 10.6. The minimum absolute atomic E-state index is 0.00781. The summed E-state index contributed by atoms with van der Waals surface area (Å²) in [4.78, 5) is 24.0. The number of aromatic hydroxyl groups is 1. The topological polar surface area (TPSA) is 76.7 Å². The first kappa shape index (κ1) is 14.1. The highest BCUT2D eigenvalue weighted by molar-refractivity contribution is 5.93. The Morgan fingerprint density at radius 1 is 1.23 bits per heavy atom. The Morgan fingerprint density at radius 2 is 2.00 bits per heavy atom. The van der Waals surface area contributed by atoms with Crippen molar-refractivity contribution in [2.75, 3.05) is 6.61 Å². The van der Waals surface area contributed by atoms with E-state index in [-0.39, 0.29) is 35.2 Å². The second kappa shape index (κ2) is 5.52. The van der Waals surface area contributed by atoms with Crippen LogP contribution in [0.3, 0.4) is 0 Å². The smallest absolute Gasteiger partial charge is 0.310 e. The molecular weight excluding hydrogens is 284 g/mol. The molecule has 0 aliphatic rings. The summed E-state index contributed by atoms with van der Waals surface area (Å²) in [5, 5.41) is 10.6. The van der Waals surface area contributed by atoms with Crippen LogP contribution < -0.4 is 5.43 Å². The van der Waals surface area contributed by atoms with Crippen LogP contribution in [-0.2, 0) is 16.0 Å². The first-order valence-corrected chi connectivity index (χ1v) is 6.93. The lowest BCUT2D eigenvalue weighted by atomic mass is 10.1. The predicted molar refractivity (Wildman–Crippen MR) is 82.0 cm³/mol. The first-order chi connectivity index (χ1) is 10.6. The van der Waals surface area contributed by atoms with Gasteiger partial charge in [0.2, 0.25) is 5.43 Å². The van der Waals surface area contributed by atoms with Crippen LogP contribution in [0, 0.1) is 0 Å². The highest BCUT2D eigenvalue weighted by Gasteiger charge is 2.14. The lowest BCUT2D eigenvalue weighted by Crippen LogP contribution is -2.08. The summed E-state index contributed by atoms with van der Waals surface area (Å²) in [5.41, 5.74) is 0.926. The van der Waals surface area contributed by atoms with E-state index in [4.69, 9.17) is 9.15 Å². The SMILES string of the molecule is CCOC(=O)Cc1cc(O)c2c(=O)c3ccccc3oc2c1. The molecule has 112 valence electrons. The number of ether oxygens (including phenoxy) is 1. The fraction of sp³-hybridized carbons (Fsp3) is 0.176. The normalized spacial score (nSPS) is 11.0. The number of fused-ring (bicyclic) bond motifs is 2. The lowest BCUT2D eigenvalue weighted by Gasteiger charge is -2.07. The molecule has 3 rings (SSSR count). The number of hydrogen-bond acceptors (Lipinski definition) is 5. The van der Waals surface area contributed by atoms with Crippen LogP contribution in [0.15, 0.2) is 45.6 Å².